The number of nitriles is 1. The van der Waals surface area contributed by atoms with Gasteiger partial charge in [0.05, 0.1) is 11.9 Å². The molecule has 6 nitrogen and oxygen atoms in total. The van der Waals surface area contributed by atoms with Crippen molar-refractivity contribution in [1.82, 2.24) is 10.2 Å². The molecule has 0 bridgehead atoms. The third kappa shape index (κ3) is 3.53. The Kier molecular flexibility index (Phi) is 3.40. The van der Waals surface area contributed by atoms with Crippen molar-refractivity contribution in [3.63, 3.8) is 0 Å². The molecule has 16 heavy (non-hydrogen) atoms. The molecule has 0 saturated heterocycles. The van der Waals surface area contributed by atoms with E-state index in [2.05, 4.69) is 15.5 Å². The molecule has 0 atom stereocenters. The van der Waals surface area contributed by atoms with Crippen molar-refractivity contribution in [2.45, 2.75) is 26.4 Å². The number of hydrogen-bond acceptors (Lipinski definition) is 5. The monoisotopic (exact) mass is 220 g/mol. The molecule has 1 aromatic rings. The van der Waals surface area contributed by atoms with Gasteiger partial charge >= 0.3 is 6.09 Å². The SMILES string of the molecule is CC(C)(C)OC(=O)Nc1ccnnc1C#N. The van der Waals surface area contributed by atoms with Crippen LogP contribution in [0.4, 0.5) is 10.5 Å². The molecule has 84 valence electrons. The maximum Gasteiger partial charge on any atom is 0.412 e. The number of hydrogen-bond donors (Lipinski definition) is 1. The van der Waals surface area contributed by atoms with E-state index in [1.165, 1.54) is 12.3 Å². The van der Waals surface area contributed by atoms with Crippen molar-refractivity contribution >= 4 is 11.8 Å². The minimum atomic E-state index is -0.628. The van der Waals surface area contributed by atoms with E-state index in [9.17, 15) is 4.79 Å². The second-order valence-corrected chi connectivity index (χ2v) is 4.03. The first kappa shape index (κ1) is 11.9. The van der Waals surface area contributed by atoms with Crippen molar-refractivity contribution in [3.8, 4) is 6.07 Å². The molecule has 1 heterocycles. The topological polar surface area (TPSA) is 87.9 Å². The minimum Gasteiger partial charge on any atom is -0.444 e. The number of amides is 1. The third-order valence-corrected chi connectivity index (χ3v) is 1.46. The Balaban J connectivity index is 2.75. The molecule has 0 radical (unpaired) electrons. The van der Waals surface area contributed by atoms with Crippen molar-refractivity contribution in [2.24, 2.45) is 0 Å². The Labute approximate surface area is 93.2 Å². The normalized spacial score (nSPS) is 10.4. The number of nitrogens with one attached hydrogen (secondary N) is 1. The van der Waals surface area contributed by atoms with E-state index >= 15 is 0 Å². The Hall–Kier alpha value is -2.16. The summed E-state index contributed by atoms with van der Waals surface area (Å²) in [5, 5.41) is 18.2. The van der Waals surface area contributed by atoms with Crippen LogP contribution in [0.3, 0.4) is 0 Å². The predicted molar refractivity (Wildman–Crippen MR) is 56.6 cm³/mol. The zero-order chi connectivity index (χ0) is 12.2. The highest BCUT2D eigenvalue weighted by Gasteiger charge is 2.17. The van der Waals surface area contributed by atoms with Gasteiger partial charge in [-0.15, -0.1) is 5.10 Å². The molecule has 1 aromatic heterocycles. The van der Waals surface area contributed by atoms with Gasteiger partial charge in [-0.2, -0.15) is 10.4 Å². The molecule has 0 aliphatic carbocycles. The predicted octanol–water partition coefficient (Wildman–Crippen LogP) is 1.70. The van der Waals surface area contributed by atoms with Gasteiger partial charge in [0.1, 0.15) is 11.7 Å². The van der Waals surface area contributed by atoms with Crippen LogP contribution in [0.5, 0.6) is 0 Å². The van der Waals surface area contributed by atoms with E-state index in [4.69, 9.17) is 10.00 Å². The van der Waals surface area contributed by atoms with Crippen LogP contribution in [0.15, 0.2) is 12.3 Å². The van der Waals surface area contributed by atoms with E-state index in [-0.39, 0.29) is 11.4 Å². The zero-order valence-electron chi connectivity index (χ0n) is 9.31. The standard InChI is InChI=1S/C10H12N4O2/c1-10(2,3)16-9(15)13-7-4-5-12-14-8(7)6-11/h4-5H,1-3H3,(H,12,13,15). The lowest BCUT2D eigenvalue weighted by atomic mass is 10.2. The highest BCUT2D eigenvalue weighted by atomic mass is 16.6. The van der Waals surface area contributed by atoms with E-state index in [0.29, 0.717) is 0 Å². The van der Waals surface area contributed by atoms with E-state index < -0.39 is 11.7 Å². The number of anilines is 1. The molecule has 1 rings (SSSR count). The molecule has 0 aliphatic rings. The highest BCUT2D eigenvalue weighted by molar-refractivity contribution is 5.86. The summed E-state index contributed by atoms with van der Waals surface area (Å²) in [6.45, 7) is 5.26. The Morgan fingerprint density at radius 1 is 1.56 bits per heavy atom. The average Bonchev–Trinajstić information content (AvgIpc) is 2.15. The molecular weight excluding hydrogens is 208 g/mol. The number of ether oxygens (including phenoxy) is 1. The number of carbonyl (C=O) groups is 1. The van der Waals surface area contributed by atoms with E-state index in [1.807, 2.05) is 6.07 Å². The van der Waals surface area contributed by atoms with Gasteiger partial charge in [0.25, 0.3) is 0 Å². The first-order chi connectivity index (χ1) is 7.42. The highest BCUT2D eigenvalue weighted by Crippen LogP contribution is 2.13. The lowest BCUT2D eigenvalue weighted by Crippen LogP contribution is -2.27. The van der Waals surface area contributed by atoms with Crippen LogP contribution in [0, 0.1) is 11.3 Å². The summed E-state index contributed by atoms with van der Waals surface area (Å²) in [6, 6.07) is 3.30. The first-order valence-corrected chi connectivity index (χ1v) is 4.64. The van der Waals surface area contributed by atoms with Crippen molar-refractivity contribution in [2.75, 3.05) is 5.32 Å². The van der Waals surface area contributed by atoms with Crippen LogP contribution < -0.4 is 5.32 Å². The van der Waals surface area contributed by atoms with Crippen molar-refractivity contribution in [3.05, 3.63) is 18.0 Å². The van der Waals surface area contributed by atoms with Gasteiger partial charge in [-0.25, -0.2) is 4.79 Å². The fourth-order valence-electron chi connectivity index (χ4n) is 0.929. The quantitative estimate of drug-likeness (QED) is 0.778. The van der Waals surface area contributed by atoms with Crippen LogP contribution in [0.2, 0.25) is 0 Å². The largest absolute Gasteiger partial charge is 0.444 e. The molecule has 1 N–H and O–H groups in total. The maximum atomic E-state index is 11.4. The summed E-state index contributed by atoms with van der Waals surface area (Å²) >= 11 is 0. The molecular formula is C10H12N4O2. The van der Waals surface area contributed by atoms with Gasteiger partial charge in [-0.1, -0.05) is 0 Å². The van der Waals surface area contributed by atoms with Gasteiger partial charge in [0, 0.05) is 0 Å². The van der Waals surface area contributed by atoms with Gasteiger partial charge in [0.2, 0.25) is 0 Å². The number of carbonyl (C=O) groups excluding carboxylic acids is 1. The molecule has 0 spiro atoms. The fourth-order valence-corrected chi connectivity index (χ4v) is 0.929. The smallest absolute Gasteiger partial charge is 0.412 e. The summed E-state index contributed by atoms with van der Waals surface area (Å²) in [5.41, 5.74) is -0.253. The molecule has 0 aliphatic heterocycles. The zero-order valence-corrected chi connectivity index (χ0v) is 9.31. The van der Waals surface area contributed by atoms with Crippen molar-refractivity contribution < 1.29 is 9.53 Å². The summed E-state index contributed by atoms with van der Waals surface area (Å²) in [5.74, 6) is 0. The second-order valence-electron chi connectivity index (χ2n) is 4.03. The van der Waals surface area contributed by atoms with Gasteiger partial charge in [0.15, 0.2) is 5.69 Å². The van der Waals surface area contributed by atoms with Gasteiger partial charge in [-0.05, 0) is 26.8 Å². The molecule has 0 aromatic carbocycles. The minimum absolute atomic E-state index is 0.0494. The number of aromatic nitrogens is 2. The molecule has 6 heteroatoms. The summed E-state index contributed by atoms with van der Waals surface area (Å²) in [4.78, 5) is 11.4. The van der Waals surface area contributed by atoms with Crippen LogP contribution in [0.25, 0.3) is 0 Å². The molecule has 0 saturated carbocycles. The maximum absolute atomic E-state index is 11.4. The fraction of sp³-hybridized carbons (Fsp3) is 0.400. The number of rotatable bonds is 1. The number of nitrogens with zero attached hydrogens (tertiary/aromatic N) is 3. The molecule has 0 fully saturated rings. The van der Waals surface area contributed by atoms with Crippen molar-refractivity contribution in [1.29, 1.82) is 5.26 Å². The lowest BCUT2D eigenvalue weighted by molar-refractivity contribution is 0.0636. The molecule has 0 unspecified atom stereocenters. The van der Waals surface area contributed by atoms with E-state index in [0.717, 1.165) is 0 Å². The van der Waals surface area contributed by atoms with Crippen LogP contribution in [-0.2, 0) is 4.74 Å². The summed E-state index contributed by atoms with van der Waals surface area (Å²) in [6.07, 6.45) is 0.755. The van der Waals surface area contributed by atoms with Crippen LogP contribution >= 0.6 is 0 Å². The van der Waals surface area contributed by atoms with Gasteiger partial charge < -0.3 is 4.74 Å². The lowest BCUT2D eigenvalue weighted by Gasteiger charge is -2.19. The Morgan fingerprint density at radius 3 is 2.81 bits per heavy atom. The Bertz CT molecular complexity index is 431. The summed E-state index contributed by atoms with van der Waals surface area (Å²) < 4.78 is 5.03. The van der Waals surface area contributed by atoms with E-state index in [1.54, 1.807) is 20.8 Å². The Morgan fingerprint density at radius 2 is 2.25 bits per heavy atom. The van der Waals surface area contributed by atoms with Crippen LogP contribution in [-0.4, -0.2) is 21.9 Å². The third-order valence-electron chi connectivity index (χ3n) is 1.46. The average molecular weight is 220 g/mol. The second kappa shape index (κ2) is 4.57. The summed E-state index contributed by atoms with van der Waals surface area (Å²) in [7, 11) is 0. The van der Waals surface area contributed by atoms with Gasteiger partial charge in [-0.3, -0.25) is 5.32 Å². The molecule has 1 amide bonds. The first-order valence-electron chi connectivity index (χ1n) is 4.64. The van der Waals surface area contributed by atoms with Crippen LogP contribution in [0.1, 0.15) is 26.5 Å².